The second kappa shape index (κ2) is 3.59. The standard InChI is InChI=1S/C10H4ClF4N/c11-7-4-9(12)16-8-3-5(10(13,14)15)1-2-6(7)8/h1-4H. The molecule has 6 heteroatoms. The molecule has 0 N–H and O–H groups in total. The van der Waals surface area contributed by atoms with Gasteiger partial charge in [-0.3, -0.25) is 0 Å². The van der Waals surface area contributed by atoms with Gasteiger partial charge in [0.2, 0.25) is 5.95 Å². The lowest BCUT2D eigenvalue weighted by molar-refractivity contribution is -0.137. The zero-order valence-corrected chi connectivity index (χ0v) is 8.40. The normalized spacial score (nSPS) is 12.1. The minimum Gasteiger partial charge on any atom is -0.220 e. The van der Waals surface area contributed by atoms with Crippen molar-refractivity contribution in [3.63, 3.8) is 0 Å². The van der Waals surface area contributed by atoms with E-state index in [9.17, 15) is 17.6 Å². The first-order valence-corrected chi connectivity index (χ1v) is 4.59. The van der Waals surface area contributed by atoms with Crippen molar-refractivity contribution in [3.8, 4) is 0 Å². The minimum absolute atomic E-state index is 0.0382. The van der Waals surface area contributed by atoms with Gasteiger partial charge in [-0.25, -0.2) is 4.98 Å². The van der Waals surface area contributed by atoms with Gasteiger partial charge in [0.1, 0.15) is 0 Å². The van der Waals surface area contributed by atoms with Crippen LogP contribution in [0.15, 0.2) is 24.3 Å². The van der Waals surface area contributed by atoms with Crippen LogP contribution in [0.4, 0.5) is 17.6 Å². The molecule has 0 bridgehead atoms. The summed E-state index contributed by atoms with van der Waals surface area (Å²) in [5.74, 6) is -0.906. The van der Waals surface area contributed by atoms with Gasteiger partial charge in [0, 0.05) is 11.5 Å². The van der Waals surface area contributed by atoms with Crippen molar-refractivity contribution in [1.82, 2.24) is 4.98 Å². The molecule has 1 aromatic heterocycles. The molecule has 1 heterocycles. The van der Waals surface area contributed by atoms with Gasteiger partial charge in [-0.2, -0.15) is 17.6 Å². The summed E-state index contributed by atoms with van der Waals surface area (Å²) in [6.45, 7) is 0. The van der Waals surface area contributed by atoms with E-state index in [0.717, 1.165) is 18.2 Å². The molecular weight excluding hydrogens is 246 g/mol. The highest BCUT2D eigenvalue weighted by Crippen LogP contribution is 2.32. The fraction of sp³-hybridized carbons (Fsp3) is 0.100. The van der Waals surface area contributed by atoms with E-state index >= 15 is 0 Å². The number of benzene rings is 1. The van der Waals surface area contributed by atoms with Gasteiger partial charge in [0.05, 0.1) is 16.1 Å². The van der Waals surface area contributed by atoms with Crippen molar-refractivity contribution in [2.45, 2.75) is 6.18 Å². The largest absolute Gasteiger partial charge is 0.416 e. The van der Waals surface area contributed by atoms with Crippen LogP contribution >= 0.6 is 11.6 Å². The Bertz CT molecular complexity index is 550. The monoisotopic (exact) mass is 249 g/mol. The van der Waals surface area contributed by atoms with Crippen LogP contribution in [0.2, 0.25) is 5.02 Å². The van der Waals surface area contributed by atoms with Gasteiger partial charge in [0.25, 0.3) is 0 Å². The maximum absolute atomic E-state index is 12.8. The molecule has 0 aliphatic rings. The molecule has 2 rings (SSSR count). The number of fused-ring (bicyclic) bond motifs is 1. The van der Waals surface area contributed by atoms with Crippen LogP contribution in [0.3, 0.4) is 0 Å². The summed E-state index contributed by atoms with van der Waals surface area (Å²) >= 11 is 5.67. The van der Waals surface area contributed by atoms with Crippen molar-refractivity contribution in [2.75, 3.05) is 0 Å². The lowest BCUT2D eigenvalue weighted by atomic mass is 10.1. The van der Waals surface area contributed by atoms with Crippen LogP contribution < -0.4 is 0 Å². The molecule has 84 valence electrons. The summed E-state index contributed by atoms with van der Waals surface area (Å²) in [5.41, 5.74) is -0.992. The Kier molecular flexibility index (Phi) is 2.50. The van der Waals surface area contributed by atoms with E-state index in [4.69, 9.17) is 11.6 Å². The van der Waals surface area contributed by atoms with Crippen molar-refractivity contribution in [1.29, 1.82) is 0 Å². The molecule has 0 spiro atoms. The molecule has 0 radical (unpaired) electrons. The zero-order valence-electron chi connectivity index (χ0n) is 7.65. The van der Waals surface area contributed by atoms with Crippen LogP contribution in [-0.4, -0.2) is 4.98 Å². The summed E-state index contributed by atoms with van der Waals surface area (Å²) in [4.78, 5) is 3.36. The summed E-state index contributed by atoms with van der Waals surface area (Å²) in [5, 5.41) is 0.326. The Morgan fingerprint density at radius 2 is 1.81 bits per heavy atom. The fourth-order valence-electron chi connectivity index (χ4n) is 1.33. The lowest BCUT2D eigenvalue weighted by Crippen LogP contribution is -2.04. The van der Waals surface area contributed by atoms with E-state index in [1.165, 1.54) is 6.07 Å². The number of pyridine rings is 1. The molecule has 0 atom stereocenters. The molecule has 0 unspecified atom stereocenters. The predicted molar refractivity (Wildman–Crippen MR) is 51.7 cm³/mol. The molecule has 0 aliphatic heterocycles. The number of alkyl halides is 3. The van der Waals surface area contributed by atoms with Crippen molar-refractivity contribution in [2.24, 2.45) is 0 Å². The number of halogens is 5. The molecule has 2 aromatic rings. The molecule has 0 fully saturated rings. The molecule has 0 aliphatic carbocycles. The van der Waals surface area contributed by atoms with Gasteiger partial charge < -0.3 is 0 Å². The first-order chi connectivity index (χ1) is 7.38. The van der Waals surface area contributed by atoms with Crippen LogP contribution in [-0.2, 0) is 6.18 Å². The summed E-state index contributed by atoms with van der Waals surface area (Å²) in [7, 11) is 0. The van der Waals surface area contributed by atoms with Gasteiger partial charge in [-0.1, -0.05) is 17.7 Å². The third kappa shape index (κ3) is 1.95. The fourth-order valence-corrected chi connectivity index (χ4v) is 1.58. The van der Waals surface area contributed by atoms with Gasteiger partial charge in [-0.05, 0) is 12.1 Å². The van der Waals surface area contributed by atoms with Gasteiger partial charge in [0.15, 0.2) is 0 Å². The van der Waals surface area contributed by atoms with E-state index in [1.807, 2.05) is 0 Å². The third-order valence-corrected chi connectivity index (χ3v) is 2.37. The quantitative estimate of drug-likeness (QED) is 0.507. The van der Waals surface area contributed by atoms with E-state index in [2.05, 4.69) is 4.98 Å². The molecular formula is C10H4ClF4N. The van der Waals surface area contributed by atoms with Crippen molar-refractivity contribution in [3.05, 3.63) is 40.8 Å². The maximum atomic E-state index is 12.8. The molecule has 0 amide bonds. The third-order valence-electron chi connectivity index (χ3n) is 2.06. The van der Waals surface area contributed by atoms with E-state index in [0.29, 0.717) is 0 Å². The molecule has 1 nitrogen and oxygen atoms in total. The lowest BCUT2D eigenvalue weighted by Gasteiger charge is -2.07. The first-order valence-electron chi connectivity index (χ1n) is 4.21. The maximum Gasteiger partial charge on any atom is 0.416 e. The number of hydrogen-bond donors (Lipinski definition) is 0. The average Bonchev–Trinajstić information content (AvgIpc) is 2.15. The zero-order chi connectivity index (χ0) is 11.9. The average molecular weight is 250 g/mol. The second-order valence-corrected chi connectivity index (χ2v) is 3.56. The Hall–Kier alpha value is -1.36. The minimum atomic E-state index is -4.48. The van der Waals surface area contributed by atoms with E-state index < -0.39 is 17.7 Å². The number of rotatable bonds is 0. The SMILES string of the molecule is Fc1cc(Cl)c2ccc(C(F)(F)F)cc2n1. The van der Waals surface area contributed by atoms with Crippen LogP contribution in [0.1, 0.15) is 5.56 Å². The van der Waals surface area contributed by atoms with E-state index in [1.54, 1.807) is 0 Å². The molecule has 16 heavy (non-hydrogen) atoms. The number of nitrogens with zero attached hydrogens (tertiary/aromatic N) is 1. The van der Waals surface area contributed by atoms with E-state index in [-0.39, 0.29) is 15.9 Å². The highest BCUT2D eigenvalue weighted by molar-refractivity contribution is 6.35. The first kappa shape index (κ1) is 11.1. The van der Waals surface area contributed by atoms with Crippen LogP contribution in [0.5, 0.6) is 0 Å². The Morgan fingerprint density at radius 1 is 1.12 bits per heavy atom. The highest BCUT2D eigenvalue weighted by Gasteiger charge is 2.30. The number of aromatic nitrogens is 1. The Balaban J connectivity index is 2.71. The van der Waals surface area contributed by atoms with Crippen LogP contribution in [0, 0.1) is 5.95 Å². The predicted octanol–water partition coefficient (Wildman–Crippen LogP) is 4.05. The summed E-state index contributed by atoms with van der Waals surface area (Å²) in [6.07, 6.45) is -4.48. The summed E-state index contributed by atoms with van der Waals surface area (Å²) < 4.78 is 49.9. The van der Waals surface area contributed by atoms with Gasteiger partial charge in [-0.15, -0.1) is 0 Å². The molecule has 0 saturated carbocycles. The molecule has 1 aromatic carbocycles. The topological polar surface area (TPSA) is 12.9 Å². The highest BCUT2D eigenvalue weighted by atomic mass is 35.5. The Morgan fingerprint density at radius 3 is 2.44 bits per heavy atom. The molecule has 0 saturated heterocycles. The van der Waals surface area contributed by atoms with Crippen molar-refractivity contribution >= 4 is 22.5 Å². The second-order valence-electron chi connectivity index (χ2n) is 3.16. The summed E-state index contributed by atoms with van der Waals surface area (Å²) in [6, 6.07) is 3.78. The smallest absolute Gasteiger partial charge is 0.220 e. The van der Waals surface area contributed by atoms with Crippen molar-refractivity contribution < 1.29 is 17.6 Å². The van der Waals surface area contributed by atoms with Gasteiger partial charge >= 0.3 is 6.18 Å². The van der Waals surface area contributed by atoms with Crippen LogP contribution in [0.25, 0.3) is 10.9 Å². The Labute approximate surface area is 92.7 Å². The number of hydrogen-bond acceptors (Lipinski definition) is 1.